The normalized spacial score (nSPS) is 12.1. The summed E-state index contributed by atoms with van der Waals surface area (Å²) in [6, 6.07) is 12.8. The van der Waals surface area contributed by atoms with Crippen molar-refractivity contribution in [3.05, 3.63) is 59.3 Å². The van der Waals surface area contributed by atoms with Gasteiger partial charge in [-0.3, -0.25) is 0 Å². The zero-order chi connectivity index (χ0) is 15.1. The first kappa shape index (κ1) is 15.5. The number of benzene rings is 1. The van der Waals surface area contributed by atoms with Crippen molar-refractivity contribution in [2.45, 2.75) is 26.2 Å². The highest BCUT2D eigenvalue weighted by molar-refractivity contribution is 5.33. The molecule has 0 aliphatic heterocycles. The van der Waals surface area contributed by atoms with Crippen molar-refractivity contribution in [3.63, 3.8) is 0 Å². The first-order chi connectivity index (χ1) is 10.2. The lowest BCUT2D eigenvalue weighted by molar-refractivity contribution is 0.143. The molecule has 0 aliphatic rings. The second kappa shape index (κ2) is 7.79. The molecule has 0 spiro atoms. The van der Waals surface area contributed by atoms with Crippen LogP contribution in [0.4, 0.5) is 0 Å². The molecule has 0 N–H and O–H groups in total. The standard InChI is InChI=1S/C18H23NO2/c1-4-15-5-7-16(8-6-15)14(2)17-9-10-18(19-13-17)21-12-11-20-3/h5-10,13-14H,4,11-12H2,1-3H3. The van der Waals surface area contributed by atoms with Gasteiger partial charge in [-0.05, 0) is 23.1 Å². The smallest absolute Gasteiger partial charge is 0.213 e. The Morgan fingerprint density at radius 3 is 2.29 bits per heavy atom. The van der Waals surface area contributed by atoms with Crippen molar-refractivity contribution in [1.82, 2.24) is 4.98 Å². The molecule has 0 aliphatic carbocycles. The Hall–Kier alpha value is -1.87. The molecule has 2 aromatic rings. The minimum atomic E-state index is 0.330. The van der Waals surface area contributed by atoms with Crippen molar-refractivity contribution in [2.24, 2.45) is 0 Å². The summed E-state index contributed by atoms with van der Waals surface area (Å²) in [5.74, 6) is 0.973. The molecule has 0 saturated heterocycles. The van der Waals surface area contributed by atoms with Crippen LogP contribution < -0.4 is 4.74 Å². The molecule has 0 amide bonds. The third kappa shape index (κ3) is 4.30. The van der Waals surface area contributed by atoms with Gasteiger partial charge in [-0.25, -0.2) is 4.98 Å². The maximum absolute atomic E-state index is 5.48. The van der Waals surface area contributed by atoms with Crippen molar-refractivity contribution >= 4 is 0 Å². The van der Waals surface area contributed by atoms with Gasteiger partial charge in [0.15, 0.2) is 0 Å². The second-order valence-electron chi connectivity index (χ2n) is 5.09. The van der Waals surface area contributed by atoms with Crippen LogP contribution in [0, 0.1) is 0 Å². The quantitative estimate of drug-likeness (QED) is 0.725. The van der Waals surface area contributed by atoms with Crippen LogP contribution in [0.5, 0.6) is 5.88 Å². The predicted molar refractivity (Wildman–Crippen MR) is 84.9 cm³/mol. The van der Waals surface area contributed by atoms with Crippen LogP contribution in [-0.2, 0) is 11.2 Å². The van der Waals surface area contributed by atoms with E-state index in [0.717, 1.165) is 6.42 Å². The molecule has 0 radical (unpaired) electrons. The van der Waals surface area contributed by atoms with Gasteiger partial charge >= 0.3 is 0 Å². The molecular weight excluding hydrogens is 262 g/mol. The summed E-state index contributed by atoms with van der Waals surface area (Å²) >= 11 is 0. The SMILES string of the molecule is CCc1ccc(C(C)c2ccc(OCCOC)nc2)cc1. The predicted octanol–water partition coefficient (Wildman–Crippen LogP) is 3.82. The molecule has 0 saturated carbocycles. The van der Waals surface area contributed by atoms with E-state index in [-0.39, 0.29) is 0 Å². The lowest BCUT2D eigenvalue weighted by Crippen LogP contribution is -2.05. The number of methoxy groups -OCH3 is 1. The van der Waals surface area contributed by atoms with Crippen molar-refractivity contribution in [1.29, 1.82) is 0 Å². The van der Waals surface area contributed by atoms with E-state index >= 15 is 0 Å². The van der Waals surface area contributed by atoms with E-state index in [1.54, 1.807) is 7.11 Å². The molecule has 3 heteroatoms. The largest absolute Gasteiger partial charge is 0.475 e. The molecule has 112 valence electrons. The average molecular weight is 285 g/mol. The topological polar surface area (TPSA) is 31.4 Å². The summed E-state index contributed by atoms with van der Waals surface area (Å²) in [6.07, 6.45) is 2.96. The van der Waals surface area contributed by atoms with E-state index in [9.17, 15) is 0 Å². The van der Waals surface area contributed by atoms with Gasteiger partial charge in [0.2, 0.25) is 5.88 Å². The third-order valence-electron chi connectivity index (χ3n) is 3.68. The first-order valence-electron chi connectivity index (χ1n) is 7.41. The third-order valence-corrected chi connectivity index (χ3v) is 3.68. The van der Waals surface area contributed by atoms with Gasteiger partial charge in [-0.2, -0.15) is 0 Å². The molecule has 1 heterocycles. The lowest BCUT2D eigenvalue weighted by Gasteiger charge is -2.13. The van der Waals surface area contributed by atoms with Gasteiger partial charge in [-0.15, -0.1) is 0 Å². The Kier molecular flexibility index (Phi) is 5.76. The lowest BCUT2D eigenvalue weighted by atomic mass is 9.93. The van der Waals surface area contributed by atoms with Gasteiger partial charge < -0.3 is 9.47 Å². The van der Waals surface area contributed by atoms with E-state index in [1.165, 1.54) is 16.7 Å². The highest BCUT2D eigenvalue weighted by Crippen LogP contribution is 2.24. The fraction of sp³-hybridized carbons (Fsp3) is 0.389. The number of aryl methyl sites for hydroxylation is 1. The van der Waals surface area contributed by atoms with Crippen LogP contribution in [0.2, 0.25) is 0 Å². The summed E-state index contributed by atoms with van der Waals surface area (Å²) in [5.41, 5.74) is 3.87. The van der Waals surface area contributed by atoms with Gasteiger partial charge in [-0.1, -0.05) is 44.2 Å². The Morgan fingerprint density at radius 1 is 1.00 bits per heavy atom. The van der Waals surface area contributed by atoms with Crippen LogP contribution in [0.25, 0.3) is 0 Å². The van der Waals surface area contributed by atoms with Crippen molar-refractivity contribution < 1.29 is 9.47 Å². The molecule has 3 nitrogen and oxygen atoms in total. The van der Waals surface area contributed by atoms with E-state index in [0.29, 0.717) is 25.0 Å². The van der Waals surface area contributed by atoms with Crippen LogP contribution >= 0.6 is 0 Å². The number of aromatic nitrogens is 1. The molecule has 0 fully saturated rings. The van der Waals surface area contributed by atoms with Crippen molar-refractivity contribution in [2.75, 3.05) is 20.3 Å². The monoisotopic (exact) mass is 285 g/mol. The Bertz CT molecular complexity index is 534. The fourth-order valence-corrected chi connectivity index (χ4v) is 2.20. The number of hydrogen-bond donors (Lipinski definition) is 0. The highest BCUT2D eigenvalue weighted by atomic mass is 16.5. The first-order valence-corrected chi connectivity index (χ1v) is 7.41. The molecule has 21 heavy (non-hydrogen) atoms. The second-order valence-corrected chi connectivity index (χ2v) is 5.09. The average Bonchev–Trinajstić information content (AvgIpc) is 2.55. The summed E-state index contributed by atoms with van der Waals surface area (Å²) < 4.78 is 10.4. The van der Waals surface area contributed by atoms with Crippen molar-refractivity contribution in [3.8, 4) is 5.88 Å². The van der Waals surface area contributed by atoms with Crippen LogP contribution in [0.3, 0.4) is 0 Å². The maximum atomic E-state index is 5.48. The number of hydrogen-bond acceptors (Lipinski definition) is 3. The Labute approximate surface area is 126 Å². The molecule has 1 atom stereocenters. The fourth-order valence-electron chi connectivity index (χ4n) is 2.20. The molecular formula is C18H23NO2. The zero-order valence-electron chi connectivity index (χ0n) is 13.0. The van der Waals surface area contributed by atoms with E-state index in [2.05, 4.69) is 49.2 Å². The molecule has 2 rings (SSSR count). The zero-order valence-corrected chi connectivity index (χ0v) is 13.0. The number of rotatable bonds is 7. The number of pyridine rings is 1. The van der Waals surface area contributed by atoms with E-state index in [4.69, 9.17) is 9.47 Å². The summed E-state index contributed by atoms with van der Waals surface area (Å²) in [4.78, 5) is 4.35. The Balaban J connectivity index is 2.02. The molecule has 0 bridgehead atoms. The number of nitrogens with zero attached hydrogens (tertiary/aromatic N) is 1. The van der Waals surface area contributed by atoms with Gasteiger partial charge in [0.25, 0.3) is 0 Å². The minimum Gasteiger partial charge on any atom is -0.475 e. The molecule has 1 aromatic heterocycles. The summed E-state index contributed by atoms with van der Waals surface area (Å²) in [7, 11) is 1.66. The van der Waals surface area contributed by atoms with Gasteiger partial charge in [0.1, 0.15) is 6.61 Å². The Morgan fingerprint density at radius 2 is 1.71 bits per heavy atom. The van der Waals surface area contributed by atoms with Crippen LogP contribution in [0.15, 0.2) is 42.6 Å². The maximum Gasteiger partial charge on any atom is 0.213 e. The highest BCUT2D eigenvalue weighted by Gasteiger charge is 2.09. The number of ether oxygens (including phenoxy) is 2. The molecule has 1 unspecified atom stereocenters. The molecule has 1 aromatic carbocycles. The van der Waals surface area contributed by atoms with Gasteiger partial charge in [0.05, 0.1) is 6.61 Å². The van der Waals surface area contributed by atoms with Crippen LogP contribution in [0.1, 0.15) is 36.5 Å². The van der Waals surface area contributed by atoms with Gasteiger partial charge in [0, 0.05) is 25.3 Å². The van der Waals surface area contributed by atoms with E-state index < -0.39 is 0 Å². The summed E-state index contributed by atoms with van der Waals surface area (Å²) in [5, 5.41) is 0. The van der Waals surface area contributed by atoms with E-state index in [1.807, 2.05) is 12.3 Å². The summed E-state index contributed by atoms with van der Waals surface area (Å²) in [6.45, 7) is 5.47. The minimum absolute atomic E-state index is 0.330. The van der Waals surface area contributed by atoms with Crippen LogP contribution in [-0.4, -0.2) is 25.3 Å².